The lowest BCUT2D eigenvalue weighted by atomic mass is 9.88. The third kappa shape index (κ3) is 4.95. The highest BCUT2D eigenvalue weighted by molar-refractivity contribution is 7.17. The molecule has 0 saturated heterocycles. The highest BCUT2D eigenvalue weighted by atomic mass is 32.1. The molecule has 0 saturated carbocycles. The van der Waals surface area contributed by atoms with E-state index in [2.05, 4.69) is 12.2 Å². The van der Waals surface area contributed by atoms with Crippen LogP contribution in [0.15, 0.2) is 24.3 Å². The van der Waals surface area contributed by atoms with Gasteiger partial charge in [-0.15, -0.1) is 11.3 Å². The lowest BCUT2D eigenvalue weighted by molar-refractivity contribution is -0.119. The van der Waals surface area contributed by atoms with Gasteiger partial charge in [-0.1, -0.05) is 6.92 Å². The van der Waals surface area contributed by atoms with Gasteiger partial charge in [-0.2, -0.15) is 0 Å². The molecule has 1 aliphatic rings. The molecule has 2 N–H and O–H groups in total. The number of esters is 2. The number of fused-ring (bicyclic) bond motifs is 1. The van der Waals surface area contributed by atoms with Crippen molar-refractivity contribution in [3.63, 3.8) is 0 Å². The monoisotopic (exact) mass is 417 g/mol. The lowest BCUT2D eigenvalue weighted by Gasteiger charge is -2.18. The van der Waals surface area contributed by atoms with Crippen molar-refractivity contribution < 1.29 is 29.0 Å². The van der Waals surface area contributed by atoms with Gasteiger partial charge < -0.3 is 19.9 Å². The van der Waals surface area contributed by atoms with E-state index in [-0.39, 0.29) is 17.9 Å². The average molecular weight is 417 g/mol. The lowest BCUT2D eigenvalue weighted by Crippen LogP contribution is -2.22. The quantitative estimate of drug-likeness (QED) is 0.697. The summed E-state index contributed by atoms with van der Waals surface area (Å²) in [6.45, 7) is 3.66. The predicted octanol–water partition coefficient (Wildman–Crippen LogP) is 3.55. The fourth-order valence-electron chi connectivity index (χ4n) is 3.23. The van der Waals surface area contributed by atoms with Gasteiger partial charge in [0.15, 0.2) is 6.61 Å². The maximum atomic E-state index is 12.5. The molecule has 29 heavy (non-hydrogen) atoms. The molecule has 1 aromatic heterocycles. The summed E-state index contributed by atoms with van der Waals surface area (Å²) in [6, 6.07) is 5.53. The summed E-state index contributed by atoms with van der Waals surface area (Å²) in [5.41, 5.74) is 1.59. The molecule has 7 nitrogen and oxygen atoms in total. The van der Waals surface area contributed by atoms with Crippen molar-refractivity contribution in [3.05, 3.63) is 45.8 Å². The van der Waals surface area contributed by atoms with E-state index < -0.39 is 24.5 Å². The molecule has 0 aliphatic heterocycles. The van der Waals surface area contributed by atoms with Crippen molar-refractivity contribution >= 4 is 34.2 Å². The SMILES string of the molecule is CCOC(=O)c1c(NC(=O)COC(=O)c2ccc(O)cc2)sc2c1CC[C@H](C)C2. The fraction of sp³-hybridized carbons (Fsp3) is 0.381. The average Bonchev–Trinajstić information content (AvgIpc) is 3.03. The van der Waals surface area contributed by atoms with Crippen LogP contribution < -0.4 is 5.32 Å². The predicted molar refractivity (Wildman–Crippen MR) is 108 cm³/mol. The molecule has 2 aromatic rings. The largest absolute Gasteiger partial charge is 0.508 e. The molecule has 1 heterocycles. The summed E-state index contributed by atoms with van der Waals surface area (Å²) in [5, 5.41) is 12.4. The molecule has 1 amide bonds. The van der Waals surface area contributed by atoms with Crippen molar-refractivity contribution in [1.82, 2.24) is 0 Å². The Hall–Kier alpha value is -2.87. The van der Waals surface area contributed by atoms with E-state index >= 15 is 0 Å². The van der Waals surface area contributed by atoms with E-state index in [9.17, 15) is 19.5 Å². The van der Waals surface area contributed by atoms with Crippen molar-refractivity contribution in [2.24, 2.45) is 5.92 Å². The standard InChI is InChI=1S/C21H23NO6S/c1-3-27-21(26)18-15-9-4-12(2)10-16(15)29-19(18)22-17(24)11-28-20(25)13-5-7-14(23)8-6-13/h5-8,12,23H,3-4,9-11H2,1-2H3,(H,22,24)/t12-/m0/s1. The Morgan fingerprint density at radius 3 is 2.59 bits per heavy atom. The highest BCUT2D eigenvalue weighted by Gasteiger charge is 2.29. The fourth-order valence-corrected chi connectivity index (χ4v) is 4.65. The molecule has 1 aliphatic carbocycles. The van der Waals surface area contributed by atoms with E-state index in [1.54, 1.807) is 6.92 Å². The normalized spacial score (nSPS) is 15.3. The maximum Gasteiger partial charge on any atom is 0.341 e. The number of thiophene rings is 1. The summed E-state index contributed by atoms with van der Waals surface area (Å²) in [6.07, 6.45) is 2.61. The van der Waals surface area contributed by atoms with Gasteiger partial charge in [0, 0.05) is 4.88 Å². The Morgan fingerprint density at radius 2 is 1.90 bits per heavy atom. The van der Waals surface area contributed by atoms with E-state index in [0.717, 1.165) is 29.7 Å². The zero-order valence-corrected chi connectivity index (χ0v) is 17.1. The van der Waals surface area contributed by atoms with Crippen LogP contribution in [-0.2, 0) is 27.1 Å². The number of nitrogens with one attached hydrogen (secondary N) is 1. The highest BCUT2D eigenvalue weighted by Crippen LogP contribution is 2.40. The molecule has 3 rings (SSSR count). The second-order valence-electron chi connectivity index (χ2n) is 6.95. The number of hydrogen-bond acceptors (Lipinski definition) is 7. The summed E-state index contributed by atoms with van der Waals surface area (Å²) in [7, 11) is 0. The van der Waals surface area contributed by atoms with Gasteiger partial charge in [-0.25, -0.2) is 9.59 Å². The Balaban J connectivity index is 1.70. The van der Waals surface area contributed by atoms with Crippen molar-refractivity contribution in [1.29, 1.82) is 0 Å². The van der Waals surface area contributed by atoms with Gasteiger partial charge in [0.05, 0.1) is 17.7 Å². The van der Waals surface area contributed by atoms with Crippen LogP contribution in [-0.4, -0.2) is 36.2 Å². The molecule has 1 atom stereocenters. The number of amides is 1. The van der Waals surface area contributed by atoms with Gasteiger partial charge in [0.25, 0.3) is 5.91 Å². The summed E-state index contributed by atoms with van der Waals surface area (Å²) in [5.74, 6) is -1.11. The van der Waals surface area contributed by atoms with Crippen LogP contribution in [0.4, 0.5) is 5.00 Å². The third-order valence-corrected chi connectivity index (χ3v) is 5.85. The molecule has 0 bridgehead atoms. The van der Waals surface area contributed by atoms with Crippen LogP contribution in [0.5, 0.6) is 5.75 Å². The Bertz CT molecular complexity index is 918. The van der Waals surface area contributed by atoms with E-state index in [1.165, 1.54) is 35.6 Å². The van der Waals surface area contributed by atoms with Crippen molar-refractivity contribution in [2.45, 2.75) is 33.1 Å². The van der Waals surface area contributed by atoms with Gasteiger partial charge >= 0.3 is 11.9 Å². The molecular formula is C21H23NO6S. The minimum absolute atomic E-state index is 0.0294. The molecular weight excluding hydrogens is 394 g/mol. The van der Waals surface area contributed by atoms with Crippen LogP contribution in [0.1, 0.15) is 51.4 Å². The van der Waals surface area contributed by atoms with Crippen LogP contribution in [0.3, 0.4) is 0 Å². The first-order valence-corrected chi connectivity index (χ1v) is 10.3. The molecule has 0 unspecified atom stereocenters. The molecule has 0 radical (unpaired) electrons. The number of carbonyl (C=O) groups excluding carboxylic acids is 3. The zero-order valence-electron chi connectivity index (χ0n) is 16.3. The summed E-state index contributed by atoms with van der Waals surface area (Å²) in [4.78, 5) is 37.9. The first kappa shape index (κ1) is 20.9. The second kappa shape index (κ2) is 9.09. The summed E-state index contributed by atoms with van der Waals surface area (Å²) < 4.78 is 10.2. The number of benzene rings is 1. The number of aromatic hydroxyl groups is 1. The number of phenolic OH excluding ortho intramolecular Hbond substituents is 1. The molecule has 1 aromatic carbocycles. The van der Waals surface area contributed by atoms with Crippen molar-refractivity contribution in [3.8, 4) is 5.75 Å². The van der Waals surface area contributed by atoms with E-state index in [4.69, 9.17) is 9.47 Å². The van der Waals surface area contributed by atoms with Gasteiger partial charge in [-0.05, 0) is 61.9 Å². The van der Waals surface area contributed by atoms with Gasteiger partial charge in [-0.3, -0.25) is 4.79 Å². The minimum Gasteiger partial charge on any atom is -0.508 e. The van der Waals surface area contributed by atoms with E-state index in [1.807, 2.05) is 0 Å². The third-order valence-electron chi connectivity index (χ3n) is 4.68. The van der Waals surface area contributed by atoms with Crippen LogP contribution in [0.2, 0.25) is 0 Å². The molecule has 0 fully saturated rings. The minimum atomic E-state index is -0.676. The van der Waals surface area contributed by atoms with E-state index in [0.29, 0.717) is 16.5 Å². The first-order valence-electron chi connectivity index (χ1n) is 9.46. The smallest absolute Gasteiger partial charge is 0.341 e. The Labute approximate surface area is 172 Å². The first-order chi connectivity index (χ1) is 13.9. The number of ether oxygens (including phenoxy) is 2. The van der Waals surface area contributed by atoms with Gasteiger partial charge in [0.1, 0.15) is 10.8 Å². The molecule has 8 heteroatoms. The van der Waals surface area contributed by atoms with Crippen molar-refractivity contribution in [2.75, 3.05) is 18.5 Å². The molecule has 154 valence electrons. The second-order valence-corrected chi connectivity index (χ2v) is 8.05. The maximum absolute atomic E-state index is 12.5. The van der Waals surface area contributed by atoms with Crippen LogP contribution in [0.25, 0.3) is 0 Å². The number of rotatable bonds is 6. The van der Waals surface area contributed by atoms with Crippen LogP contribution in [0, 0.1) is 5.92 Å². The number of phenols is 1. The van der Waals surface area contributed by atoms with Gasteiger partial charge in [0.2, 0.25) is 0 Å². The zero-order chi connectivity index (χ0) is 21.0. The number of carbonyl (C=O) groups is 3. The molecule has 0 spiro atoms. The number of hydrogen-bond donors (Lipinski definition) is 2. The topological polar surface area (TPSA) is 102 Å². The Morgan fingerprint density at radius 1 is 1.17 bits per heavy atom. The Kier molecular flexibility index (Phi) is 6.53. The number of anilines is 1. The van der Waals surface area contributed by atoms with Crippen LogP contribution >= 0.6 is 11.3 Å². The summed E-state index contributed by atoms with van der Waals surface area (Å²) >= 11 is 1.38.